The minimum Gasteiger partial charge on any atom is -0.361 e. The second kappa shape index (κ2) is 8.13. The van der Waals surface area contributed by atoms with Gasteiger partial charge in [-0.05, 0) is 43.5 Å². The molecule has 5 nitrogen and oxygen atoms in total. The van der Waals surface area contributed by atoms with Crippen molar-refractivity contribution >= 4 is 34.1 Å². The van der Waals surface area contributed by atoms with Crippen LogP contribution in [0.25, 0.3) is 10.9 Å². The summed E-state index contributed by atoms with van der Waals surface area (Å²) < 4.78 is 1.88. The monoisotopic (exact) mass is 406 g/mol. The van der Waals surface area contributed by atoms with Crippen LogP contribution in [0.4, 0.5) is 5.69 Å². The summed E-state index contributed by atoms with van der Waals surface area (Å²) in [6.45, 7) is 4.44. The van der Waals surface area contributed by atoms with Crippen LogP contribution in [0.3, 0.4) is 0 Å². The molecule has 29 heavy (non-hydrogen) atoms. The number of para-hydroxylation sites is 1. The fourth-order valence-corrected chi connectivity index (χ4v) is 3.80. The second-order valence-corrected chi connectivity index (χ2v) is 7.61. The van der Waals surface area contributed by atoms with Crippen molar-refractivity contribution in [2.75, 3.05) is 5.32 Å². The Bertz CT molecular complexity index is 1170. The molecule has 0 aliphatic carbocycles. The lowest BCUT2D eigenvalue weighted by molar-refractivity contribution is -0.116. The predicted octanol–water partition coefficient (Wildman–Crippen LogP) is 5.25. The number of aryl methyl sites for hydroxylation is 2. The average Bonchev–Trinajstić information content (AvgIpc) is 3.24. The Morgan fingerprint density at radius 3 is 2.69 bits per heavy atom. The quantitative estimate of drug-likeness (QED) is 0.459. The van der Waals surface area contributed by atoms with E-state index in [0.717, 1.165) is 33.7 Å². The van der Waals surface area contributed by atoms with Crippen LogP contribution in [0.5, 0.6) is 0 Å². The van der Waals surface area contributed by atoms with Crippen LogP contribution in [-0.4, -0.2) is 20.7 Å². The van der Waals surface area contributed by atoms with Crippen molar-refractivity contribution in [3.8, 4) is 0 Å². The first kappa shape index (κ1) is 19.3. The number of amides is 1. The van der Waals surface area contributed by atoms with E-state index in [9.17, 15) is 4.79 Å². The first-order valence-electron chi connectivity index (χ1n) is 9.65. The van der Waals surface area contributed by atoms with Crippen molar-refractivity contribution in [3.63, 3.8) is 0 Å². The van der Waals surface area contributed by atoms with E-state index in [2.05, 4.69) is 21.5 Å². The molecule has 0 saturated heterocycles. The van der Waals surface area contributed by atoms with Crippen LogP contribution in [-0.2, 0) is 17.8 Å². The van der Waals surface area contributed by atoms with Gasteiger partial charge in [0, 0.05) is 28.5 Å². The van der Waals surface area contributed by atoms with Crippen LogP contribution < -0.4 is 5.32 Å². The number of aromatic amines is 1. The standard InChI is InChI=1S/C23H23ClN4O/c1-15-23(16(2)28(27-15)14-18-7-3-5-9-20(18)24)26-22(29)12-11-17-13-25-21-10-6-4-8-19(17)21/h3-10,13,25H,11-12,14H2,1-2H3,(H,26,29). The van der Waals surface area contributed by atoms with Gasteiger partial charge in [0.05, 0.1) is 23.6 Å². The van der Waals surface area contributed by atoms with Gasteiger partial charge in [-0.2, -0.15) is 5.10 Å². The van der Waals surface area contributed by atoms with E-state index in [1.54, 1.807) is 0 Å². The van der Waals surface area contributed by atoms with E-state index in [1.165, 1.54) is 5.39 Å². The van der Waals surface area contributed by atoms with Gasteiger partial charge in [0.15, 0.2) is 0 Å². The third-order valence-electron chi connectivity index (χ3n) is 5.22. The number of nitrogens with zero attached hydrogens (tertiary/aromatic N) is 2. The maximum Gasteiger partial charge on any atom is 0.224 e. The molecule has 0 atom stereocenters. The molecule has 4 rings (SSSR count). The Kier molecular flexibility index (Phi) is 5.41. The first-order chi connectivity index (χ1) is 14.0. The van der Waals surface area contributed by atoms with Gasteiger partial charge in [-0.25, -0.2) is 0 Å². The number of benzene rings is 2. The number of hydrogen-bond acceptors (Lipinski definition) is 2. The van der Waals surface area contributed by atoms with Gasteiger partial charge in [0.25, 0.3) is 0 Å². The lowest BCUT2D eigenvalue weighted by Crippen LogP contribution is -2.13. The third kappa shape index (κ3) is 4.05. The molecule has 2 heterocycles. The van der Waals surface area contributed by atoms with Crippen molar-refractivity contribution in [3.05, 3.63) is 82.3 Å². The van der Waals surface area contributed by atoms with Gasteiger partial charge in [-0.3, -0.25) is 9.48 Å². The minimum atomic E-state index is -0.0150. The topological polar surface area (TPSA) is 62.7 Å². The van der Waals surface area contributed by atoms with E-state index in [1.807, 2.05) is 67.2 Å². The van der Waals surface area contributed by atoms with Gasteiger partial charge in [0.1, 0.15) is 0 Å². The molecule has 2 aromatic heterocycles. The molecule has 0 fully saturated rings. The van der Waals surface area contributed by atoms with Crippen LogP contribution in [0.1, 0.15) is 28.9 Å². The smallest absolute Gasteiger partial charge is 0.224 e. The predicted molar refractivity (Wildman–Crippen MR) is 118 cm³/mol. The molecule has 4 aromatic rings. The number of hydrogen-bond donors (Lipinski definition) is 2. The van der Waals surface area contributed by atoms with Gasteiger partial charge < -0.3 is 10.3 Å². The van der Waals surface area contributed by atoms with E-state index in [4.69, 9.17) is 11.6 Å². The molecule has 148 valence electrons. The summed E-state index contributed by atoms with van der Waals surface area (Å²) in [7, 11) is 0. The molecule has 0 spiro atoms. The number of halogens is 1. The molecular formula is C23H23ClN4O. The molecule has 0 bridgehead atoms. The number of rotatable bonds is 6. The molecule has 0 aliphatic rings. The summed E-state index contributed by atoms with van der Waals surface area (Å²) in [6.07, 6.45) is 3.08. The summed E-state index contributed by atoms with van der Waals surface area (Å²) in [4.78, 5) is 15.8. The molecule has 1 amide bonds. The highest BCUT2D eigenvalue weighted by molar-refractivity contribution is 6.31. The zero-order valence-electron chi connectivity index (χ0n) is 16.5. The molecule has 0 unspecified atom stereocenters. The highest BCUT2D eigenvalue weighted by Gasteiger charge is 2.15. The fourth-order valence-electron chi connectivity index (χ4n) is 3.61. The third-order valence-corrected chi connectivity index (χ3v) is 5.59. The maximum absolute atomic E-state index is 12.6. The van der Waals surface area contributed by atoms with Crippen LogP contribution in [0, 0.1) is 13.8 Å². The van der Waals surface area contributed by atoms with E-state index in [-0.39, 0.29) is 5.91 Å². The largest absolute Gasteiger partial charge is 0.361 e. The lowest BCUT2D eigenvalue weighted by Gasteiger charge is -2.08. The van der Waals surface area contributed by atoms with Gasteiger partial charge >= 0.3 is 0 Å². The zero-order chi connectivity index (χ0) is 20.4. The highest BCUT2D eigenvalue weighted by atomic mass is 35.5. The van der Waals surface area contributed by atoms with Gasteiger partial charge in [-0.1, -0.05) is 48.0 Å². The summed E-state index contributed by atoms with van der Waals surface area (Å²) >= 11 is 6.28. The maximum atomic E-state index is 12.6. The number of carbonyl (C=O) groups is 1. The second-order valence-electron chi connectivity index (χ2n) is 7.20. The Balaban J connectivity index is 1.44. The average molecular weight is 407 g/mol. The van der Waals surface area contributed by atoms with Crippen LogP contribution >= 0.6 is 11.6 Å². The van der Waals surface area contributed by atoms with Crippen molar-refractivity contribution in [2.24, 2.45) is 0 Å². The summed E-state index contributed by atoms with van der Waals surface area (Å²) in [5.74, 6) is -0.0150. The van der Waals surface area contributed by atoms with Crippen molar-refractivity contribution in [2.45, 2.75) is 33.2 Å². The first-order valence-corrected chi connectivity index (χ1v) is 10.0. The highest BCUT2D eigenvalue weighted by Crippen LogP contribution is 2.24. The Morgan fingerprint density at radius 2 is 1.86 bits per heavy atom. The molecule has 2 aromatic carbocycles. The molecule has 0 saturated carbocycles. The molecule has 6 heteroatoms. The van der Waals surface area contributed by atoms with Crippen LogP contribution in [0.15, 0.2) is 54.7 Å². The molecule has 0 radical (unpaired) electrons. The molecular weight excluding hydrogens is 384 g/mol. The van der Waals surface area contributed by atoms with Gasteiger partial charge in [0.2, 0.25) is 5.91 Å². The normalized spacial score (nSPS) is 11.1. The number of anilines is 1. The minimum absolute atomic E-state index is 0.0150. The van der Waals surface area contributed by atoms with Crippen molar-refractivity contribution in [1.82, 2.24) is 14.8 Å². The SMILES string of the molecule is Cc1nn(Cc2ccccc2Cl)c(C)c1NC(=O)CCc1c[nH]c2ccccc12. The molecule has 2 N–H and O–H groups in total. The summed E-state index contributed by atoms with van der Waals surface area (Å²) in [5, 5.41) is 9.51. The van der Waals surface area contributed by atoms with E-state index < -0.39 is 0 Å². The van der Waals surface area contributed by atoms with E-state index in [0.29, 0.717) is 24.4 Å². The number of carbonyl (C=O) groups excluding carboxylic acids is 1. The van der Waals surface area contributed by atoms with Gasteiger partial charge in [-0.15, -0.1) is 0 Å². The van der Waals surface area contributed by atoms with Crippen molar-refractivity contribution in [1.29, 1.82) is 0 Å². The lowest BCUT2D eigenvalue weighted by atomic mass is 10.1. The summed E-state index contributed by atoms with van der Waals surface area (Å²) in [5.41, 5.74) is 5.74. The van der Waals surface area contributed by atoms with E-state index >= 15 is 0 Å². The van der Waals surface area contributed by atoms with Crippen molar-refractivity contribution < 1.29 is 4.79 Å². The Morgan fingerprint density at radius 1 is 1.10 bits per heavy atom. The Labute approximate surface area is 174 Å². The summed E-state index contributed by atoms with van der Waals surface area (Å²) in [6, 6.07) is 15.9. The van der Waals surface area contributed by atoms with Crippen LogP contribution in [0.2, 0.25) is 5.02 Å². The number of H-pyrrole nitrogens is 1. The number of aromatic nitrogens is 3. The zero-order valence-corrected chi connectivity index (χ0v) is 17.3. The number of fused-ring (bicyclic) bond motifs is 1. The number of nitrogens with one attached hydrogen (secondary N) is 2. The molecule has 0 aliphatic heterocycles. The fraction of sp³-hybridized carbons (Fsp3) is 0.217. The Hall–Kier alpha value is -3.05.